The summed E-state index contributed by atoms with van der Waals surface area (Å²) in [7, 11) is 0. The molecule has 102 valence electrons. The molecule has 19 heavy (non-hydrogen) atoms. The molecular formula is C15H18O4. The van der Waals surface area contributed by atoms with Crippen LogP contribution in [0.25, 0.3) is 6.08 Å². The van der Waals surface area contributed by atoms with Crippen molar-refractivity contribution in [3.63, 3.8) is 0 Å². The van der Waals surface area contributed by atoms with E-state index in [1.54, 1.807) is 13.0 Å². The molecule has 4 heteroatoms. The van der Waals surface area contributed by atoms with Crippen LogP contribution in [0.5, 0.6) is 0 Å². The zero-order valence-electron chi connectivity index (χ0n) is 11.2. The molecule has 0 aliphatic rings. The van der Waals surface area contributed by atoms with Crippen molar-refractivity contribution in [1.82, 2.24) is 0 Å². The Morgan fingerprint density at radius 1 is 1.37 bits per heavy atom. The van der Waals surface area contributed by atoms with Gasteiger partial charge in [-0.05, 0) is 43.0 Å². The minimum Gasteiger partial charge on any atom is -0.478 e. The number of rotatable bonds is 6. The molecule has 1 aromatic carbocycles. The minimum absolute atomic E-state index is 0.197. The maximum atomic E-state index is 11.3. The summed E-state index contributed by atoms with van der Waals surface area (Å²) < 4.78 is 4.88. The van der Waals surface area contributed by atoms with Crippen molar-refractivity contribution in [2.75, 3.05) is 6.61 Å². The summed E-state index contributed by atoms with van der Waals surface area (Å²) in [4.78, 5) is 21.7. The number of ether oxygens (including phenoxy) is 1. The van der Waals surface area contributed by atoms with Crippen LogP contribution in [0.15, 0.2) is 24.3 Å². The maximum Gasteiger partial charge on any atom is 0.328 e. The Hall–Kier alpha value is -2.10. The van der Waals surface area contributed by atoms with Crippen molar-refractivity contribution in [2.24, 2.45) is 0 Å². The first-order chi connectivity index (χ1) is 9.02. The van der Waals surface area contributed by atoms with E-state index < -0.39 is 5.97 Å². The van der Waals surface area contributed by atoms with Crippen LogP contribution in [0.1, 0.15) is 30.0 Å². The molecule has 0 aliphatic heterocycles. The molecule has 0 radical (unpaired) electrons. The summed E-state index contributed by atoms with van der Waals surface area (Å²) in [6, 6.07) is 5.66. The third-order valence-electron chi connectivity index (χ3n) is 2.69. The maximum absolute atomic E-state index is 11.3. The first kappa shape index (κ1) is 15.0. The Morgan fingerprint density at radius 3 is 2.68 bits per heavy atom. The van der Waals surface area contributed by atoms with Gasteiger partial charge in [0, 0.05) is 12.5 Å². The molecule has 0 fully saturated rings. The summed E-state index contributed by atoms with van der Waals surface area (Å²) in [5.41, 5.74) is 2.94. The van der Waals surface area contributed by atoms with E-state index in [9.17, 15) is 9.59 Å². The van der Waals surface area contributed by atoms with Crippen LogP contribution in [-0.4, -0.2) is 23.7 Å². The largest absolute Gasteiger partial charge is 0.478 e. The topological polar surface area (TPSA) is 63.6 Å². The average molecular weight is 262 g/mol. The molecule has 0 aliphatic carbocycles. The number of carboxylic acids is 1. The van der Waals surface area contributed by atoms with E-state index in [0.29, 0.717) is 19.4 Å². The summed E-state index contributed by atoms with van der Waals surface area (Å²) in [5, 5.41) is 8.56. The highest BCUT2D eigenvalue weighted by Crippen LogP contribution is 2.14. The predicted molar refractivity (Wildman–Crippen MR) is 72.8 cm³/mol. The summed E-state index contributed by atoms with van der Waals surface area (Å²) in [5.74, 6) is -1.17. The Kier molecular flexibility index (Phi) is 5.79. The number of aryl methyl sites for hydroxylation is 2. The van der Waals surface area contributed by atoms with Gasteiger partial charge in [0.2, 0.25) is 0 Å². The number of esters is 1. The fourth-order valence-electron chi connectivity index (χ4n) is 1.74. The van der Waals surface area contributed by atoms with Gasteiger partial charge in [0.05, 0.1) is 6.61 Å². The number of hydrogen-bond donors (Lipinski definition) is 1. The molecule has 0 spiro atoms. The van der Waals surface area contributed by atoms with Crippen LogP contribution in [0.2, 0.25) is 0 Å². The monoisotopic (exact) mass is 262 g/mol. The van der Waals surface area contributed by atoms with Gasteiger partial charge in [-0.3, -0.25) is 4.79 Å². The van der Waals surface area contributed by atoms with E-state index in [-0.39, 0.29) is 5.97 Å². The van der Waals surface area contributed by atoms with Crippen molar-refractivity contribution >= 4 is 18.0 Å². The minimum atomic E-state index is -0.968. The molecular weight excluding hydrogens is 244 g/mol. The number of carboxylic acid groups (broad SMARTS) is 1. The van der Waals surface area contributed by atoms with Crippen molar-refractivity contribution in [1.29, 1.82) is 0 Å². The standard InChI is InChI=1S/C15H18O4/c1-3-19-15(18)9-7-13-6-4-12(10-11(13)2)5-8-14(16)17/h4-6,8,10H,3,7,9H2,1-2H3,(H,16,17)/b8-5+. The number of carbonyl (C=O) groups excluding carboxylic acids is 1. The number of hydrogen-bond acceptors (Lipinski definition) is 3. The molecule has 1 N–H and O–H groups in total. The third-order valence-corrected chi connectivity index (χ3v) is 2.69. The van der Waals surface area contributed by atoms with Gasteiger partial charge >= 0.3 is 11.9 Å². The summed E-state index contributed by atoms with van der Waals surface area (Å²) >= 11 is 0. The molecule has 0 unspecified atom stereocenters. The van der Waals surface area contributed by atoms with E-state index in [4.69, 9.17) is 9.84 Å². The van der Waals surface area contributed by atoms with E-state index in [0.717, 1.165) is 22.8 Å². The van der Waals surface area contributed by atoms with Gasteiger partial charge in [-0.1, -0.05) is 18.2 Å². The summed E-state index contributed by atoms with van der Waals surface area (Å²) in [6.45, 7) is 4.13. The smallest absolute Gasteiger partial charge is 0.328 e. The van der Waals surface area contributed by atoms with Crippen LogP contribution in [0, 0.1) is 6.92 Å². The normalized spacial score (nSPS) is 10.6. The zero-order chi connectivity index (χ0) is 14.3. The first-order valence-corrected chi connectivity index (χ1v) is 6.19. The van der Waals surface area contributed by atoms with Crippen LogP contribution in [0.4, 0.5) is 0 Å². The number of carbonyl (C=O) groups is 2. The van der Waals surface area contributed by atoms with Crippen molar-refractivity contribution < 1.29 is 19.4 Å². The molecule has 0 bridgehead atoms. The SMILES string of the molecule is CCOC(=O)CCc1ccc(/C=C/C(=O)O)cc1C. The van der Waals surface area contributed by atoms with Crippen LogP contribution >= 0.6 is 0 Å². The highest BCUT2D eigenvalue weighted by molar-refractivity contribution is 5.85. The molecule has 1 rings (SSSR count). The predicted octanol–water partition coefficient (Wildman–Crippen LogP) is 2.59. The van der Waals surface area contributed by atoms with Crippen LogP contribution in [-0.2, 0) is 20.7 Å². The molecule has 0 atom stereocenters. The lowest BCUT2D eigenvalue weighted by molar-refractivity contribution is -0.143. The fraction of sp³-hybridized carbons (Fsp3) is 0.333. The van der Waals surface area contributed by atoms with Gasteiger partial charge < -0.3 is 9.84 Å². The van der Waals surface area contributed by atoms with Crippen molar-refractivity contribution in [2.45, 2.75) is 26.7 Å². The van der Waals surface area contributed by atoms with Crippen LogP contribution in [0.3, 0.4) is 0 Å². The van der Waals surface area contributed by atoms with Gasteiger partial charge in [-0.2, -0.15) is 0 Å². The van der Waals surface area contributed by atoms with E-state index in [2.05, 4.69) is 0 Å². The Balaban J connectivity index is 2.67. The fourth-order valence-corrected chi connectivity index (χ4v) is 1.74. The van der Waals surface area contributed by atoms with E-state index in [1.165, 1.54) is 0 Å². The van der Waals surface area contributed by atoms with Gasteiger partial charge in [-0.25, -0.2) is 4.79 Å². The number of benzene rings is 1. The quantitative estimate of drug-likeness (QED) is 0.632. The molecule has 0 aromatic heterocycles. The zero-order valence-corrected chi connectivity index (χ0v) is 11.2. The lowest BCUT2D eigenvalue weighted by Crippen LogP contribution is -2.05. The molecule has 0 saturated heterocycles. The average Bonchev–Trinajstić information content (AvgIpc) is 2.35. The lowest BCUT2D eigenvalue weighted by atomic mass is 10.0. The van der Waals surface area contributed by atoms with E-state index in [1.807, 2.05) is 25.1 Å². The highest BCUT2D eigenvalue weighted by atomic mass is 16.5. The Labute approximate surface area is 112 Å². The molecule has 1 aromatic rings. The second-order valence-corrected chi connectivity index (χ2v) is 4.16. The Morgan fingerprint density at radius 2 is 2.11 bits per heavy atom. The highest BCUT2D eigenvalue weighted by Gasteiger charge is 2.05. The van der Waals surface area contributed by atoms with Crippen molar-refractivity contribution in [3.8, 4) is 0 Å². The van der Waals surface area contributed by atoms with Gasteiger partial charge in [-0.15, -0.1) is 0 Å². The summed E-state index contributed by atoms with van der Waals surface area (Å²) in [6.07, 6.45) is 3.64. The van der Waals surface area contributed by atoms with Crippen LogP contribution < -0.4 is 0 Å². The second-order valence-electron chi connectivity index (χ2n) is 4.16. The molecule has 0 heterocycles. The van der Waals surface area contributed by atoms with Crippen molar-refractivity contribution in [3.05, 3.63) is 41.0 Å². The van der Waals surface area contributed by atoms with E-state index >= 15 is 0 Å². The number of aliphatic carboxylic acids is 1. The molecule has 0 amide bonds. The van der Waals surface area contributed by atoms with Gasteiger partial charge in [0.1, 0.15) is 0 Å². The third kappa shape index (κ3) is 5.38. The van der Waals surface area contributed by atoms with Gasteiger partial charge in [0.25, 0.3) is 0 Å². The van der Waals surface area contributed by atoms with Gasteiger partial charge in [0.15, 0.2) is 0 Å². The first-order valence-electron chi connectivity index (χ1n) is 6.19. The Bertz CT molecular complexity index is 489. The second kappa shape index (κ2) is 7.36. The molecule has 0 saturated carbocycles. The molecule has 4 nitrogen and oxygen atoms in total. The lowest BCUT2D eigenvalue weighted by Gasteiger charge is -2.06.